The molecule has 1 N–H and O–H groups in total. The van der Waals surface area contributed by atoms with Gasteiger partial charge in [0.1, 0.15) is 0 Å². The second-order valence-electron chi connectivity index (χ2n) is 7.77. The van der Waals surface area contributed by atoms with E-state index in [1.165, 1.54) is 0 Å². The van der Waals surface area contributed by atoms with E-state index in [1.807, 2.05) is 24.3 Å². The Labute approximate surface area is 146 Å². The van der Waals surface area contributed by atoms with Gasteiger partial charge in [-0.05, 0) is 55.2 Å². The van der Waals surface area contributed by atoms with Crippen LogP contribution in [0.5, 0.6) is 0 Å². The Morgan fingerprint density at radius 3 is 2.42 bits per heavy atom. The molecule has 0 aromatic heterocycles. The van der Waals surface area contributed by atoms with Crippen LogP contribution in [0.25, 0.3) is 6.08 Å². The molecule has 0 atom stereocenters. The molecule has 0 bridgehead atoms. The Bertz CT molecular complexity index is 598. The third kappa shape index (κ3) is 6.13. The molecule has 0 aliphatic carbocycles. The van der Waals surface area contributed by atoms with Crippen molar-refractivity contribution < 1.29 is 19.1 Å². The summed E-state index contributed by atoms with van der Waals surface area (Å²) in [7, 11) is -1.81. The minimum atomic E-state index is -1.81. The molecular formula is C19H30O4Si. The van der Waals surface area contributed by atoms with Gasteiger partial charge in [-0.3, -0.25) is 0 Å². The standard InChI is InChI=1S/C19H30O4Si/c1-14(2)23-17(18(20)21)12-15-9-8-10-16(11-15)13-22-24(6,7)19(3,4)5/h8-12,14H,13H2,1-7H3,(H,20,21)/b17-12-. The first-order chi connectivity index (χ1) is 10.9. The first-order valence-electron chi connectivity index (χ1n) is 8.27. The normalized spacial score (nSPS) is 13.2. The van der Waals surface area contributed by atoms with Crippen molar-refractivity contribution in [2.24, 2.45) is 0 Å². The number of carboxylic acid groups (broad SMARTS) is 1. The third-order valence-corrected chi connectivity index (χ3v) is 8.71. The van der Waals surface area contributed by atoms with Crippen LogP contribution in [0.3, 0.4) is 0 Å². The van der Waals surface area contributed by atoms with E-state index in [9.17, 15) is 9.90 Å². The lowest BCUT2D eigenvalue weighted by Gasteiger charge is -2.36. The average molecular weight is 351 g/mol. The second-order valence-corrected chi connectivity index (χ2v) is 12.6. The highest BCUT2D eigenvalue weighted by Gasteiger charge is 2.36. The smallest absolute Gasteiger partial charge is 0.371 e. The van der Waals surface area contributed by atoms with Crippen molar-refractivity contribution in [3.05, 3.63) is 41.2 Å². The summed E-state index contributed by atoms with van der Waals surface area (Å²) < 4.78 is 11.6. The van der Waals surface area contributed by atoms with Crippen molar-refractivity contribution in [2.75, 3.05) is 0 Å². The number of benzene rings is 1. The first kappa shape index (κ1) is 20.5. The Morgan fingerprint density at radius 2 is 1.92 bits per heavy atom. The molecule has 4 nitrogen and oxygen atoms in total. The predicted molar refractivity (Wildman–Crippen MR) is 100 cm³/mol. The Balaban J connectivity index is 2.92. The number of rotatable bonds is 7. The molecule has 0 heterocycles. The van der Waals surface area contributed by atoms with E-state index in [0.717, 1.165) is 11.1 Å². The van der Waals surface area contributed by atoms with Gasteiger partial charge in [-0.15, -0.1) is 0 Å². The van der Waals surface area contributed by atoms with Crippen molar-refractivity contribution >= 4 is 20.4 Å². The molecule has 0 saturated heterocycles. The number of carbonyl (C=O) groups is 1. The van der Waals surface area contributed by atoms with Gasteiger partial charge < -0.3 is 14.3 Å². The Kier molecular flexibility index (Phi) is 6.81. The van der Waals surface area contributed by atoms with Gasteiger partial charge in [-0.1, -0.05) is 39.0 Å². The van der Waals surface area contributed by atoms with Crippen LogP contribution in [0.15, 0.2) is 30.0 Å². The molecule has 1 aromatic carbocycles. The molecule has 0 amide bonds. The third-order valence-electron chi connectivity index (χ3n) is 4.23. The lowest BCUT2D eigenvalue weighted by Crippen LogP contribution is -2.40. The van der Waals surface area contributed by atoms with Crippen molar-refractivity contribution in [1.29, 1.82) is 0 Å². The van der Waals surface area contributed by atoms with Crippen LogP contribution >= 0.6 is 0 Å². The molecule has 0 aliphatic rings. The van der Waals surface area contributed by atoms with Gasteiger partial charge in [0.05, 0.1) is 12.7 Å². The minimum Gasteiger partial charge on any atom is -0.484 e. The molecule has 1 aromatic rings. The van der Waals surface area contributed by atoms with Gasteiger partial charge in [0, 0.05) is 0 Å². The minimum absolute atomic E-state index is 0.0486. The fraction of sp³-hybridized carbons (Fsp3) is 0.526. The maximum Gasteiger partial charge on any atom is 0.371 e. The van der Waals surface area contributed by atoms with E-state index in [2.05, 4.69) is 33.9 Å². The summed E-state index contributed by atoms with van der Waals surface area (Å²) in [6, 6.07) is 7.71. The number of hydrogen-bond acceptors (Lipinski definition) is 3. The number of hydrogen-bond donors (Lipinski definition) is 1. The molecule has 0 fully saturated rings. The van der Waals surface area contributed by atoms with Crippen LogP contribution in [0.4, 0.5) is 0 Å². The second kappa shape index (κ2) is 7.99. The Hall–Kier alpha value is -1.59. The molecule has 0 unspecified atom stereocenters. The zero-order chi connectivity index (χ0) is 18.5. The maximum absolute atomic E-state index is 11.3. The maximum atomic E-state index is 11.3. The quantitative estimate of drug-likeness (QED) is 0.424. The van der Waals surface area contributed by atoms with E-state index in [1.54, 1.807) is 19.9 Å². The van der Waals surface area contributed by atoms with Crippen LogP contribution in [0, 0.1) is 0 Å². The van der Waals surface area contributed by atoms with Crippen molar-refractivity contribution in [1.82, 2.24) is 0 Å². The summed E-state index contributed by atoms with van der Waals surface area (Å²) in [5.74, 6) is -1.11. The molecule has 0 aliphatic heterocycles. The van der Waals surface area contributed by atoms with Crippen LogP contribution in [0.2, 0.25) is 18.1 Å². The molecule has 134 valence electrons. The molecule has 0 spiro atoms. The molecule has 0 radical (unpaired) electrons. The Morgan fingerprint density at radius 1 is 1.29 bits per heavy atom. The van der Waals surface area contributed by atoms with Gasteiger partial charge in [0.2, 0.25) is 5.76 Å². The highest BCUT2D eigenvalue weighted by molar-refractivity contribution is 6.74. The monoisotopic (exact) mass is 350 g/mol. The zero-order valence-corrected chi connectivity index (χ0v) is 16.8. The van der Waals surface area contributed by atoms with Crippen molar-refractivity contribution in [2.45, 2.75) is 65.5 Å². The number of ether oxygens (including phenoxy) is 1. The topological polar surface area (TPSA) is 55.8 Å². The molecule has 24 heavy (non-hydrogen) atoms. The largest absolute Gasteiger partial charge is 0.484 e. The average Bonchev–Trinajstić information content (AvgIpc) is 2.43. The van der Waals surface area contributed by atoms with Gasteiger partial charge >= 0.3 is 5.97 Å². The first-order valence-corrected chi connectivity index (χ1v) is 11.2. The predicted octanol–water partition coefficient (Wildman–Crippen LogP) is 5.06. The van der Waals surface area contributed by atoms with Gasteiger partial charge in [-0.25, -0.2) is 4.79 Å². The summed E-state index contributed by atoms with van der Waals surface area (Å²) in [6.45, 7) is 15.2. The lowest BCUT2D eigenvalue weighted by molar-refractivity contribution is -0.137. The lowest BCUT2D eigenvalue weighted by atomic mass is 10.1. The van der Waals surface area contributed by atoms with E-state index in [0.29, 0.717) is 6.61 Å². The van der Waals surface area contributed by atoms with Crippen LogP contribution in [-0.2, 0) is 20.6 Å². The van der Waals surface area contributed by atoms with E-state index >= 15 is 0 Å². The fourth-order valence-electron chi connectivity index (χ4n) is 1.80. The SMILES string of the molecule is CC(C)O/C(=C\c1cccc(CO[Si](C)(C)C(C)(C)C)c1)C(=O)O. The molecule has 0 saturated carbocycles. The molecule has 5 heteroatoms. The summed E-state index contributed by atoms with van der Waals surface area (Å²) >= 11 is 0. The summed E-state index contributed by atoms with van der Waals surface area (Å²) in [5.41, 5.74) is 1.83. The van der Waals surface area contributed by atoms with E-state index < -0.39 is 14.3 Å². The molecular weight excluding hydrogens is 320 g/mol. The van der Waals surface area contributed by atoms with Crippen LogP contribution in [0.1, 0.15) is 45.7 Å². The van der Waals surface area contributed by atoms with Gasteiger partial charge in [-0.2, -0.15) is 0 Å². The van der Waals surface area contributed by atoms with Crippen molar-refractivity contribution in [3.63, 3.8) is 0 Å². The van der Waals surface area contributed by atoms with Gasteiger partial charge in [0.15, 0.2) is 8.32 Å². The fourth-order valence-corrected chi connectivity index (χ4v) is 2.76. The van der Waals surface area contributed by atoms with Gasteiger partial charge in [0.25, 0.3) is 0 Å². The van der Waals surface area contributed by atoms with Crippen molar-refractivity contribution in [3.8, 4) is 0 Å². The summed E-state index contributed by atoms with van der Waals surface area (Å²) in [4.78, 5) is 11.3. The van der Waals surface area contributed by atoms with Crippen LogP contribution in [-0.4, -0.2) is 25.5 Å². The highest BCUT2D eigenvalue weighted by atomic mass is 28.4. The highest BCUT2D eigenvalue weighted by Crippen LogP contribution is 2.37. The van der Waals surface area contributed by atoms with E-state index in [-0.39, 0.29) is 16.9 Å². The van der Waals surface area contributed by atoms with Crippen LogP contribution < -0.4 is 0 Å². The summed E-state index contributed by atoms with van der Waals surface area (Å²) in [5, 5.41) is 9.40. The molecule has 1 rings (SSSR count). The summed E-state index contributed by atoms with van der Waals surface area (Å²) in [6.07, 6.45) is 1.37. The number of carboxylic acids is 1. The van der Waals surface area contributed by atoms with E-state index in [4.69, 9.17) is 9.16 Å². The zero-order valence-electron chi connectivity index (χ0n) is 15.8. The number of aliphatic carboxylic acids is 1.